The first kappa shape index (κ1) is 33.1. The summed E-state index contributed by atoms with van der Waals surface area (Å²) in [5, 5.41) is 34.2. The summed E-state index contributed by atoms with van der Waals surface area (Å²) in [6, 6.07) is 0. The quantitative estimate of drug-likeness (QED) is 0.158. The molecule has 6 N–H and O–H groups in total. The molecule has 2 aromatic heterocycles. The lowest BCUT2D eigenvalue weighted by Crippen LogP contribution is -2.24. The molecule has 0 aromatic carbocycles. The molecule has 10 nitrogen and oxygen atoms in total. The first-order chi connectivity index (χ1) is 20.9. The third-order valence-corrected chi connectivity index (χ3v) is 9.19. The first-order valence-electron chi connectivity index (χ1n) is 15.0. The van der Waals surface area contributed by atoms with E-state index in [1.807, 2.05) is 46.8 Å². The number of hydrogen-bond donors (Lipinski definition) is 7. The third-order valence-electron chi connectivity index (χ3n) is 9.02. The molecule has 4 rings (SSSR count). The molecule has 3 atom stereocenters. The molecular weight excluding hydrogens is 580 g/mol. The van der Waals surface area contributed by atoms with E-state index in [2.05, 4.69) is 32.9 Å². The number of aliphatic carboxylic acids is 2. The van der Waals surface area contributed by atoms with E-state index in [0.717, 1.165) is 56.3 Å². The molecule has 0 bridgehead atoms. The van der Waals surface area contributed by atoms with Crippen LogP contribution in [0.25, 0.3) is 6.08 Å². The van der Waals surface area contributed by atoms with Gasteiger partial charge >= 0.3 is 11.9 Å². The summed E-state index contributed by atoms with van der Waals surface area (Å²) in [6.07, 6.45) is 5.18. The second-order valence-electron chi connectivity index (χ2n) is 11.7. The lowest BCUT2D eigenvalue weighted by molar-refractivity contribution is -0.138. The highest BCUT2D eigenvalue weighted by molar-refractivity contribution is 7.83. The van der Waals surface area contributed by atoms with Crippen LogP contribution < -0.4 is 5.32 Å². The zero-order valence-electron chi connectivity index (χ0n) is 25.9. The second-order valence-corrected chi connectivity index (χ2v) is 12.0. The number of amides is 1. The monoisotopic (exact) mass is 622 g/mol. The van der Waals surface area contributed by atoms with E-state index < -0.39 is 18.2 Å². The minimum absolute atomic E-state index is 0.0390. The van der Waals surface area contributed by atoms with Crippen LogP contribution in [0.15, 0.2) is 33.3 Å². The molecule has 236 valence electrons. The van der Waals surface area contributed by atoms with Gasteiger partial charge in [-0.1, -0.05) is 19.9 Å². The van der Waals surface area contributed by atoms with Gasteiger partial charge in [0, 0.05) is 71.6 Å². The smallest absolute Gasteiger partial charge is 0.303 e. The van der Waals surface area contributed by atoms with Crippen molar-refractivity contribution in [1.82, 2.24) is 15.3 Å². The van der Waals surface area contributed by atoms with Gasteiger partial charge in [0.2, 0.25) is 0 Å². The van der Waals surface area contributed by atoms with Crippen LogP contribution in [-0.2, 0) is 40.1 Å². The molecule has 1 fully saturated rings. The van der Waals surface area contributed by atoms with Gasteiger partial charge in [-0.3, -0.25) is 14.4 Å². The summed E-state index contributed by atoms with van der Waals surface area (Å²) in [7, 11) is 0. The largest absolute Gasteiger partial charge is 0.481 e. The van der Waals surface area contributed by atoms with E-state index in [0.29, 0.717) is 43.4 Å². The van der Waals surface area contributed by atoms with Crippen LogP contribution in [0.4, 0.5) is 0 Å². The fourth-order valence-corrected chi connectivity index (χ4v) is 6.51. The fourth-order valence-electron chi connectivity index (χ4n) is 6.33. The molecule has 0 saturated carbocycles. The number of nitrogens with one attached hydrogen (secondary N) is 3. The second kappa shape index (κ2) is 13.9. The van der Waals surface area contributed by atoms with Crippen LogP contribution in [0.2, 0.25) is 0 Å². The van der Waals surface area contributed by atoms with Crippen LogP contribution in [0.1, 0.15) is 85.1 Å². The van der Waals surface area contributed by atoms with Crippen molar-refractivity contribution >= 4 is 42.3 Å². The Morgan fingerprint density at radius 2 is 1.57 bits per heavy atom. The fraction of sp³-hybridized carbons (Fsp3) is 0.455. The molecule has 11 heteroatoms. The Hall–Kier alpha value is -3.83. The predicted octanol–water partition coefficient (Wildman–Crippen LogP) is 4.79. The Labute approximate surface area is 262 Å². The van der Waals surface area contributed by atoms with Gasteiger partial charge in [0.05, 0.1) is 5.71 Å². The molecule has 2 aliphatic rings. The van der Waals surface area contributed by atoms with E-state index in [4.69, 9.17) is 0 Å². The van der Waals surface area contributed by atoms with Crippen LogP contribution in [0.5, 0.6) is 0 Å². The minimum atomic E-state index is -0.897. The molecule has 2 aliphatic heterocycles. The van der Waals surface area contributed by atoms with Crippen molar-refractivity contribution < 1.29 is 29.7 Å². The van der Waals surface area contributed by atoms with E-state index in [1.54, 1.807) is 5.41 Å². The van der Waals surface area contributed by atoms with E-state index in [9.17, 15) is 29.7 Å². The highest BCUT2D eigenvalue weighted by Gasteiger charge is 2.34. The SMILES string of the molecule is CCC1=C(C)C(Cc2[nH]c(Cc3[nH]c(/C=C4\NC(O)[C@H](C)[C@H]4/C=C/S)c(C)c3CCC(=O)O)c(CCC(=O)O)c2C)=NC1=O. The molecule has 0 radical (unpaired) electrons. The van der Waals surface area contributed by atoms with Crippen molar-refractivity contribution in [2.24, 2.45) is 16.8 Å². The van der Waals surface area contributed by atoms with E-state index >= 15 is 0 Å². The number of carboxylic acid groups (broad SMARTS) is 2. The number of rotatable bonds is 13. The highest BCUT2D eigenvalue weighted by Crippen LogP contribution is 2.34. The molecule has 1 unspecified atom stereocenters. The summed E-state index contributed by atoms with van der Waals surface area (Å²) in [6.45, 7) is 9.71. The van der Waals surface area contributed by atoms with Gasteiger partial charge < -0.3 is 30.6 Å². The Morgan fingerprint density at radius 1 is 0.955 bits per heavy atom. The number of aliphatic hydroxyl groups is 1. The summed E-state index contributed by atoms with van der Waals surface area (Å²) in [5.74, 6) is -2.12. The number of aromatic amines is 2. The molecule has 4 heterocycles. The number of thiol groups is 1. The number of carbonyl (C=O) groups is 3. The van der Waals surface area contributed by atoms with Gasteiger partial charge in [0.25, 0.3) is 5.91 Å². The number of aliphatic imine (C=N–C) groups is 1. The number of aromatic nitrogens is 2. The maximum Gasteiger partial charge on any atom is 0.303 e. The van der Waals surface area contributed by atoms with Gasteiger partial charge in [-0.2, -0.15) is 12.6 Å². The number of H-pyrrole nitrogens is 2. The lowest BCUT2D eigenvalue weighted by Gasteiger charge is -2.11. The number of hydrogen-bond acceptors (Lipinski definition) is 6. The molecular formula is C33H42N4O6S. The Balaban J connectivity index is 1.76. The van der Waals surface area contributed by atoms with Crippen LogP contribution in [0.3, 0.4) is 0 Å². The van der Waals surface area contributed by atoms with Crippen molar-refractivity contribution in [2.75, 3.05) is 0 Å². The third kappa shape index (κ3) is 6.94. The number of aliphatic hydroxyl groups excluding tert-OH is 1. The molecule has 0 spiro atoms. The van der Waals surface area contributed by atoms with Gasteiger partial charge in [0.1, 0.15) is 6.23 Å². The first-order valence-corrected chi connectivity index (χ1v) is 15.5. The van der Waals surface area contributed by atoms with Crippen LogP contribution >= 0.6 is 12.6 Å². The van der Waals surface area contributed by atoms with Crippen molar-refractivity contribution in [3.8, 4) is 0 Å². The number of nitrogens with zero attached hydrogens (tertiary/aromatic N) is 1. The van der Waals surface area contributed by atoms with Crippen molar-refractivity contribution in [2.45, 2.75) is 85.8 Å². The highest BCUT2D eigenvalue weighted by atomic mass is 32.1. The van der Waals surface area contributed by atoms with Gasteiger partial charge in [-0.25, -0.2) is 4.99 Å². The number of allylic oxidation sites excluding steroid dienone is 2. The molecule has 44 heavy (non-hydrogen) atoms. The lowest BCUT2D eigenvalue weighted by atomic mass is 9.93. The van der Waals surface area contributed by atoms with Crippen molar-refractivity contribution in [3.63, 3.8) is 0 Å². The molecule has 0 aliphatic carbocycles. The standard InChI is InChI=1S/C33H42N4O6S/c1-6-20-16(2)26(36-33(20)43)13-24-17(3)21(7-9-30(38)39)27(34-24)15-28-22(8-10-31(40)41)18(4)25(35-28)14-29-23(11-12-44)19(5)32(42)37-29/h11-12,14,19,23,32,34-35,37,42,44H,6-10,13,15H2,1-5H3,(H,38,39)(H,40,41)/b12-11+,29-14-/t19-,23-,32?/m1/s1. The van der Waals surface area contributed by atoms with Gasteiger partial charge in [0.15, 0.2) is 0 Å². The summed E-state index contributed by atoms with van der Waals surface area (Å²) >= 11 is 4.23. The normalized spacial score (nSPS) is 21.2. The average molecular weight is 623 g/mol. The van der Waals surface area contributed by atoms with Crippen molar-refractivity contribution in [3.05, 3.63) is 73.4 Å². The topological polar surface area (TPSA) is 168 Å². The summed E-state index contributed by atoms with van der Waals surface area (Å²) in [4.78, 5) is 46.8. The summed E-state index contributed by atoms with van der Waals surface area (Å²) < 4.78 is 0. The van der Waals surface area contributed by atoms with Crippen LogP contribution in [-0.4, -0.2) is 55.1 Å². The van der Waals surface area contributed by atoms with Gasteiger partial charge in [-0.05, 0) is 79.3 Å². The van der Waals surface area contributed by atoms with Crippen LogP contribution in [0, 0.1) is 25.7 Å². The Morgan fingerprint density at radius 3 is 2.14 bits per heavy atom. The van der Waals surface area contributed by atoms with Crippen molar-refractivity contribution in [1.29, 1.82) is 0 Å². The molecule has 1 saturated heterocycles. The summed E-state index contributed by atoms with van der Waals surface area (Å²) in [5.41, 5.74) is 10.2. The number of carboxylic acids is 2. The zero-order valence-corrected chi connectivity index (χ0v) is 26.8. The molecule has 1 amide bonds. The Kier molecular flexibility index (Phi) is 10.4. The Bertz CT molecular complexity index is 1590. The average Bonchev–Trinajstić information content (AvgIpc) is 3.60. The maximum atomic E-state index is 12.4. The van der Waals surface area contributed by atoms with E-state index in [-0.39, 0.29) is 30.6 Å². The zero-order chi connectivity index (χ0) is 32.3. The van der Waals surface area contributed by atoms with Gasteiger partial charge in [-0.15, -0.1) is 0 Å². The molecule has 2 aromatic rings. The minimum Gasteiger partial charge on any atom is -0.481 e. The predicted molar refractivity (Wildman–Crippen MR) is 173 cm³/mol. The van der Waals surface area contributed by atoms with E-state index in [1.165, 1.54) is 0 Å². The number of carbonyl (C=O) groups excluding carboxylic acids is 1. The maximum absolute atomic E-state index is 12.4.